The Morgan fingerprint density at radius 2 is 0.500 bits per heavy atom. The number of carbonyl (C=O) groups excluding carboxylic acids is 6. The molecule has 0 aromatic rings. The topological polar surface area (TPSA) is 158 Å². The second-order valence-electron chi connectivity index (χ2n) is 4.23. The Labute approximate surface area is 159 Å². The van der Waals surface area contributed by atoms with E-state index in [1.807, 2.05) is 0 Å². The van der Waals surface area contributed by atoms with Crippen LogP contribution in [0.4, 0.5) is 0 Å². The van der Waals surface area contributed by atoms with E-state index in [2.05, 4.69) is 22.7 Å². The molecular formula is C12H18Al2O12. The Morgan fingerprint density at radius 3 is 0.577 bits per heavy atom. The highest BCUT2D eigenvalue weighted by Gasteiger charge is 2.47. The fourth-order valence-corrected chi connectivity index (χ4v) is 2.87. The third-order valence-corrected chi connectivity index (χ3v) is 4.72. The molecular weight excluding hydrogens is 390 g/mol. The van der Waals surface area contributed by atoms with Gasteiger partial charge in [0, 0.05) is 41.5 Å². The second kappa shape index (κ2) is 14.1. The minimum absolute atomic E-state index is 0.654. The lowest BCUT2D eigenvalue weighted by Gasteiger charge is -2.08. The fraction of sp³-hybridized carbons (Fsp3) is 0.500. The monoisotopic (exact) mass is 408 g/mol. The normalized spacial score (nSPS) is 8.54. The number of hydrogen-bond donors (Lipinski definition) is 0. The maximum Gasteiger partial charge on any atom is 1.20 e. The predicted molar refractivity (Wildman–Crippen MR) is 82.1 cm³/mol. The molecule has 0 aromatic heterocycles. The molecule has 0 heterocycles. The van der Waals surface area contributed by atoms with E-state index in [1.54, 1.807) is 0 Å². The minimum atomic E-state index is -2.96. The van der Waals surface area contributed by atoms with Gasteiger partial charge in [0.1, 0.15) is 0 Å². The van der Waals surface area contributed by atoms with E-state index in [0.29, 0.717) is 0 Å². The van der Waals surface area contributed by atoms with Gasteiger partial charge in [-0.1, -0.05) is 0 Å². The maximum atomic E-state index is 10.4. The van der Waals surface area contributed by atoms with Gasteiger partial charge < -0.3 is 22.7 Å². The Balaban J connectivity index is 0. The van der Waals surface area contributed by atoms with Crippen molar-refractivity contribution < 1.29 is 51.5 Å². The van der Waals surface area contributed by atoms with Crippen LogP contribution in [0.15, 0.2) is 0 Å². The molecule has 0 saturated heterocycles. The SMILES string of the molecule is CC(=O)[O][Al]([O]C(C)=O)[O]C(C)=O.CC(=O)[O][Al]([O]C(C)=O)[O]C(C)=O. The molecule has 0 rings (SSSR count). The van der Waals surface area contributed by atoms with Gasteiger partial charge in [-0.15, -0.1) is 0 Å². The van der Waals surface area contributed by atoms with Gasteiger partial charge in [-0.2, -0.15) is 0 Å². The highest BCUT2D eigenvalue weighted by Crippen LogP contribution is 1.95. The molecule has 0 fully saturated rings. The summed E-state index contributed by atoms with van der Waals surface area (Å²) in [6.07, 6.45) is 0. The highest BCUT2D eigenvalue weighted by atomic mass is 27.3. The van der Waals surface area contributed by atoms with Gasteiger partial charge in [0.15, 0.2) is 0 Å². The summed E-state index contributed by atoms with van der Waals surface area (Å²) in [5, 5.41) is 0. The minimum Gasteiger partial charge on any atom is -0.551 e. The van der Waals surface area contributed by atoms with Crippen molar-refractivity contribution in [2.75, 3.05) is 0 Å². The van der Waals surface area contributed by atoms with Crippen molar-refractivity contribution in [2.24, 2.45) is 0 Å². The summed E-state index contributed by atoms with van der Waals surface area (Å²) in [7, 11) is 0. The number of rotatable bonds is 6. The summed E-state index contributed by atoms with van der Waals surface area (Å²) in [5.41, 5.74) is 0. The first-order valence-corrected chi connectivity index (χ1v) is 9.69. The average molecular weight is 408 g/mol. The molecule has 14 heteroatoms. The van der Waals surface area contributed by atoms with Crippen LogP contribution in [0, 0.1) is 0 Å². The molecule has 0 bridgehead atoms. The molecule has 0 aliphatic heterocycles. The first-order valence-electron chi connectivity index (χ1n) is 6.86. The number of hydrogen-bond acceptors (Lipinski definition) is 12. The molecule has 26 heavy (non-hydrogen) atoms. The quantitative estimate of drug-likeness (QED) is 0.511. The van der Waals surface area contributed by atoms with Crippen molar-refractivity contribution >= 4 is 66.1 Å². The zero-order valence-electron chi connectivity index (χ0n) is 15.1. The van der Waals surface area contributed by atoms with Crippen molar-refractivity contribution in [3.8, 4) is 0 Å². The number of carbonyl (C=O) groups is 6. The molecule has 0 unspecified atom stereocenters. The van der Waals surface area contributed by atoms with Crippen molar-refractivity contribution in [3.63, 3.8) is 0 Å². The Kier molecular flexibility index (Phi) is 14.2. The largest absolute Gasteiger partial charge is 1.20 e. The van der Waals surface area contributed by atoms with E-state index in [-0.39, 0.29) is 0 Å². The lowest BCUT2D eigenvalue weighted by atomic mass is 10.9. The summed E-state index contributed by atoms with van der Waals surface area (Å²) in [6.45, 7) is 6.79. The molecule has 0 aromatic carbocycles. The second-order valence-corrected chi connectivity index (χ2v) is 6.80. The highest BCUT2D eigenvalue weighted by molar-refractivity contribution is 6.44. The zero-order valence-corrected chi connectivity index (χ0v) is 17.4. The molecule has 0 spiro atoms. The molecule has 0 atom stereocenters. The third kappa shape index (κ3) is 19.9. The molecule has 0 N–H and O–H groups in total. The summed E-state index contributed by atoms with van der Waals surface area (Å²) < 4.78 is 26.9. The Bertz CT molecular complexity index is 422. The van der Waals surface area contributed by atoms with Crippen molar-refractivity contribution in [2.45, 2.75) is 41.5 Å². The lowest BCUT2D eigenvalue weighted by Crippen LogP contribution is -2.32. The molecule has 144 valence electrons. The first kappa shape index (κ1) is 26.1. The molecule has 0 amide bonds. The van der Waals surface area contributed by atoms with E-state index in [9.17, 15) is 28.8 Å². The van der Waals surface area contributed by atoms with Crippen LogP contribution in [0.3, 0.4) is 0 Å². The molecule has 0 aliphatic rings. The fourth-order valence-electron chi connectivity index (χ4n) is 0.957. The van der Waals surface area contributed by atoms with Crippen LogP contribution in [0.1, 0.15) is 41.5 Å². The summed E-state index contributed by atoms with van der Waals surface area (Å²) in [5.74, 6) is -3.92. The Hall–Kier alpha value is -2.12. The van der Waals surface area contributed by atoms with E-state index in [1.165, 1.54) is 0 Å². The van der Waals surface area contributed by atoms with Gasteiger partial charge in [-0.3, -0.25) is 28.8 Å². The Morgan fingerprint density at radius 1 is 0.385 bits per heavy atom. The van der Waals surface area contributed by atoms with Gasteiger partial charge in [0.2, 0.25) is 0 Å². The molecule has 0 saturated carbocycles. The molecule has 12 nitrogen and oxygen atoms in total. The summed E-state index contributed by atoms with van der Waals surface area (Å²) in [6, 6.07) is 0. The van der Waals surface area contributed by atoms with Crippen molar-refractivity contribution in [3.05, 3.63) is 0 Å². The summed E-state index contributed by atoms with van der Waals surface area (Å²) in [4.78, 5) is 62.7. The van der Waals surface area contributed by atoms with Crippen LogP contribution in [0.25, 0.3) is 0 Å². The van der Waals surface area contributed by atoms with Gasteiger partial charge >= 0.3 is 30.3 Å². The smallest absolute Gasteiger partial charge is 0.551 e. The third-order valence-electron chi connectivity index (χ3n) is 1.57. The van der Waals surface area contributed by atoms with Crippen LogP contribution < -0.4 is 0 Å². The van der Waals surface area contributed by atoms with E-state index in [4.69, 9.17) is 0 Å². The zero-order chi connectivity index (χ0) is 20.9. The van der Waals surface area contributed by atoms with Crippen LogP contribution in [0.2, 0.25) is 0 Å². The van der Waals surface area contributed by atoms with E-state index >= 15 is 0 Å². The summed E-state index contributed by atoms with van der Waals surface area (Å²) >= 11 is -5.91. The van der Waals surface area contributed by atoms with Crippen LogP contribution in [-0.2, 0) is 51.5 Å². The van der Waals surface area contributed by atoms with Gasteiger partial charge in [0.25, 0.3) is 35.8 Å². The maximum absolute atomic E-state index is 10.4. The van der Waals surface area contributed by atoms with Crippen molar-refractivity contribution in [1.82, 2.24) is 0 Å². The molecule has 0 radical (unpaired) electrons. The lowest BCUT2D eigenvalue weighted by molar-refractivity contribution is -0.148. The van der Waals surface area contributed by atoms with E-state index in [0.717, 1.165) is 41.5 Å². The van der Waals surface area contributed by atoms with Gasteiger partial charge in [-0.05, 0) is 0 Å². The van der Waals surface area contributed by atoms with Crippen LogP contribution in [0.5, 0.6) is 0 Å². The van der Waals surface area contributed by atoms with E-state index < -0.39 is 66.1 Å². The molecule has 0 aliphatic carbocycles. The first-order chi connectivity index (χ1) is 11.8. The average Bonchev–Trinajstić information content (AvgIpc) is 2.33. The van der Waals surface area contributed by atoms with Gasteiger partial charge in [-0.25, -0.2) is 0 Å². The van der Waals surface area contributed by atoms with Crippen molar-refractivity contribution in [1.29, 1.82) is 0 Å². The predicted octanol–water partition coefficient (Wildman–Crippen LogP) is -0.679. The standard InChI is InChI=1S/6C2H4O2.2Al/c6*1-2(3)4;;/h6*1H3,(H,3,4);;/q;;;;;;2*+3/p-6. The van der Waals surface area contributed by atoms with Crippen LogP contribution in [-0.4, -0.2) is 66.1 Å². The van der Waals surface area contributed by atoms with Gasteiger partial charge in [0.05, 0.1) is 0 Å². The van der Waals surface area contributed by atoms with Crippen LogP contribution >= 0.6 is 0 Å².